The van der Waals surface area contributed by atoms with Gasteiger partial charge in [-0.15, -0.1) is 0 Å². The quantitative estimate of drug-likeness (QED) is 0.560. The molecule has 1 atom stereocenters. The third-order valence-corrected chi connectivity index (χ3v) is 2.58. The van der Waals surface area contributed by atoms with Crippen molar-refractivity contribution in [3.63, 3.8) is 0 Å². The van der Waals surface area contributed by atoms with E-state index in [1.165, 1.54) is 0 Å². The summed E-state index contributed by atoms with van der Waals surface area (Å²) in [6.07, 6.45) is 0. The molecular weight excluding hydrogens is 167 g/mol. The zero-order valence-corrected chi connectivity index (χ0v) is 5.91. The van der Waals surface area contributed by atoms with E-state index in [0.29, 0.717) is 5.75 Å². The molecule has 0 rings (SSSR count). The Morgan fingerprint density at radius 2 is 2.17 bits per heavy atom. The molecule has 1 N–H and O–H groups in total. The first kappa shape index (κ1) is 6.63. The summed E-state index contributed by atoms with van der Waals surface area (Å²) >= 11 is 2.15. The minimum atomic E-state index is -2.54. The SMILES string of the molecule is CCS(=O)(O)=[Se]. The van der Waals surface area contributed by atoms with Crippen LogP contribution in [0.15, 0.2) is 0 Å². The fraction of sp³-hybridized carbons (Fsp3) is 1.00. The van der Waals surface area contributed by atoms with Crippen LogP contribution in [0.5, 0.6) is 0 Å². The molecular formula is C2H6O2SSe. The molecule has 0 spiro atoms. The monoisotopic (exact) mass is 174 g/mol. The molecule has 0 aromatic heterocycles. The Hall–Kier alpha value is 0.629. The first-order valence-corrected chi connectivity index (χ1v) is 5.22. The van der Waals surface area contributed by atoms with E-state index >= 15 is 0 Å². The van der Waals surface area contributed by atoms with E-state index in [9.17, 15) is 4.21 Å². The standard InChI is InChI=1S/C2H6O2SSe/c1-2-5(3,4)6/h2H2,1H3,(H,3,4,6). The molecule has 0 aliphatic carbocycles. The van der Waals surface area contributed by atoms with Crippen LogP contribution in [0.2, 0.25) is 0 Å². The van der Waals surface area contributed by atoms with Crippen molar-refractivity contribution in [2.45, 2.75) is 6.92 Å². The van der Waals surface area contributed by atoms with Gasteiger partial charge >= 0.3 is 44.0 Å². The van der Waals surface area contributed by atoms with Gasteiger partial charge in [-0.2, -0.15) is 0 Å². The van der Waals surface area contributed by atoms with E-state index in [1.807, 2.05) is 0 Å². The predicted octanol–water partition coefficient (Wildman–Crippen LogP) is -0.153. The van der Waals surface area contributed by atoms with Crippen LogP contribution >= 0.6 is 0 Å². The minimum absolute atomic E-state index is 0.299. The van der Waals surface area contributed by atoms with Crippen molar-refractivity contribution in [1.82, 2.24) is 0 Å². The van der Waals surface area contributed by atoms with Gasteiger partial charge in [0.2, 0.25) is 0 Å². The van der Waals surface area contributed by atoms with Gasteiger partial charge in [-0.25, -0.2) is 0 Å². The summed E-state index contributed by atoms with van der Waals surface area (Å²) < 4.78 is 18.4. The van der Waals surface area contributed by atoms with Gasteiger partial charge in [0, 0.05) is 0 Å². The molecule has 0 aromatic rings. The van der Waals surface area contributed by atoms with Crippen molar-refractivity contribution in [1.29, 1.82) is 0 Å². The van der Waals surface area contributed by atoms with Gasteiger partial charge in [-0.05, 0) is 0 Å². The summed E-state index contributed by atoms with van der Waals surface area (Å²) in [4.78, 5) is 0. The van der Waals surface area contributed by atoms with Crippen molar-refractivity contribution in [3.05, 3.63) is 0 Å². The zero-order valence-electron chi connectivity index (χ0n) is 3.38. The second-order valence-electron chi connectivity index (χ2n) is 0.871. The summed E-state index contributed by atoms with van der Waals surface area (Å²) in [5.41, 5.74) is 0. The van der Waals surface area contributed by atoms with Gasteiger partial charge in [0.1, 0.15) is 0 Å². The molecule has 0 aliphatic heterocycles. The molecule has 4 heteroatoms. The number of rotatable bonds is 1. The summed E-state index contributed by atoms with van der Waals surface area (Å²) in [6, 6.07) is 0. The molecule has 38 valence electrons. The van der Waals surface area contributed by atoms with E-state index in [1.54, 1.807) is 6.92 Å². The van der Waals surface area contributed by atoms with Crippen molar-refractivity contribution >= 4 is 22.5 Å². The van der Waals surface area contributed by atoms with Gasteiger partial charge < -0.3 is 0 Å². The topological polar surface area (TPSA) is 37.3 Å². The van der Waals surface area contributed by atoms with Crippen LogP contribution in [0.3, 0.4) is 0 Å². The van der Waals surface area contributed by atoms with Crippen LogP contribution < -0.4 is 0 Å². The van der Waals surface area contributed by atoms with Crippen LogP contribution in [0.25, 0.3) is 0 Å². The molecule has 0 aliphatic rings. The van der Waals surface area contributed by atoms with Crippen molar-refractivity contribution in [2.75, 3.05) is 5.75 Å². The molecule has 0 amide bonds. The fourth-order valence-corrected chi connectivity index (χ4v) is 0. The van der Waals surface area contributed by atoms with Gasteiger partial charge in [0.25, 0.3) is 0 Å². The van der Waals surface area contributed by atoms with Crippen molar-refractivity contribution < 1.29 is 8.76 Å². The molecule has 1 unspecified atom stereocenters. The van der Waals surface area contributed by atoms with E-state index in [-0.39, 0.29) is 0 Å². The Labute approximate surface area is 44.4 Å². The Bertz CT molecular complexity index is 114. The second-order valence-corrected chi connectivity index (χ2v) is 5.89. The molecule has 0 saturated heterocycles. The first-order chi connectivity index (χ1) is 2.56. The van der Waals surface area contributed by atoms with Gasteiger partial charge in [-0.1, -0.05) is 0 Å². The Morgan fingerprint density at radius 1 is 2.00 bits per heavy atom. The molecule has 0 bridgehead atoms. The summed E-state index contributed by atoms with van der Waals surface area (Å²) in [5, 5.41) is 0. The van der Waals surface area contributed by atoms with Crippen LogP contribution in [0, 0.1) is 0 Å². The first-order valence-electron chi connectivity index (χ1n) is 1.51. The third kappa shape index (κ3) is 4.63. The van der Waals surface area contributed by atoms with Gasteiger partial charge in [0.05, 0.1) is 0 Å². The molecule has 2 nitrogen and oxygen atoms in total. The van der Waals surface area contributed by atoms with Crippen LogP contribution in [-0.2, 0) is 8.14 Å². The van der Waals surface area contributed by atoms with Crippen LogP contribution in [0.1, 0.15) is 6.92 Å². The summed E-state index contributed by atoms with van der Waals surface area (Å²) in [6.45, 7) is 1.65. The molecule has 0 fully saturated rings. The Balaban J connectivity index is 3.85. The molecule has 0 aromatic carbocycles. The van der Waals surface area contributed by atoms with Gasteiger partial charge in [-0.3, -0.25) is 0 Å². The molecule has 0 heterocycles. The number of hydrogen-bond donors (Lipinski definition) is 1. The van der Waals surface area contributed by atoms with E-state index in [0.717, 1.165) is 0 Å². The molecule has 0 saturated carbocycles. The fourth-order valence-electron chi connectivity index (χ4n) is 0. The van der Waals surface area contributed by atoms with E-state index in [2.05, 4.69) is 14.4 Å². The van der Waals surface area contributed by atoms with Gasteiger partial charge in [0.15, 0.2) is 0 Å². The summed E-state index contributed by atoms with van der Waals surface area (Å²) in [7, 11) is -2.54. The molecule has 0 radical (unpaired) electrons. The van der Waals surface area contributed by atoms with Crippen LogP contribution in [-0.4, -0.2) is 28.9 Å². The maximum atomic E-state index is 10.1. The third-order valence-electron chi connectivity index (χ3n) is 0.365. The predicted molar refractivity (Wildman–Crippen MR) is 27.1 cm³/mol. The second kappa shape index (κ2) is 2.07. The van der Waals surface area contributed by atoms with Crippen molar-refractivity contribution in [3.8, 4) is 0 Å². The van der Waals surface area contributed by atoms with E-state index in [4.69, 9.17) is 4.55 Å². The Kier molecular flexibility index (Phi) is 2.29. The van der Waals surface area contributed by atoms with E-state index < -0.39 is 8.14 Å². The average Bonchev–Trinajstić information content (AvgIpc) is 1.35. The summed E-state index contributed by atoms with van der Waals surface area (Å²) in [5.74, 6) is 0.299. The van der Waals surface area contributed by atoms with Crippen LogP contribution in [0.4, 0.5) is 0 Å². The maximum absolute atomic E-state index is 10.1. The Morgan fingerprint density at radius 3 is 2.17 bits per heavy atom. The number of hydrogen-bond acceptors (Lipinski definition) is 1. The zero-order chi connectivity index (χ0) is 5.21. The normalized spacial score (nSPS) is 19.7. The van der Waals surface area contributed by atoms with Crippen molar-refractivity contribution in [2.24, 2.45) is 0 Å². The average molecular weight is 173 g/mol. The molecule has 6 heavy (non-hydrogen) atoms.